The number of imidazole rings is 2. The predicted molar refractivity (Wildman–Crippen MR) is 414 cm³/mol. The van der Waals surface area contributed by atoms with Crippen LogP contribution in [0.2, 0.25) is 0 Å². The van der Waals surface area contributed by atoms with Crippen molar-refractivity contribution in [2.75, 3.05) is 0 Å². The number of aromatic nitrogens is 4. The maximum absolute atomic E-state index is 6.40. The Bertz CT molecular complexity index is 6740. The molecule has 6 nitrogen and oxygen atoms in total. The first-order chi connectivity index (χ1) is 49.0. The minimum atomic E-state index is 0.900. The highest BCUT2D eigenvalue weighted by molar-refractivity contribution is 6.25. The van der Waals surface area contributed by atoms with Crippen LogP contribution >= 0.6 is 0 Å². The van der Waals surface area contributed by atoms with Gasteiger partial charge in [0.2, 0.25) is 0 Å². The molecule has 0 N–H and O–H groups in total. The fourth-order valence-electron chi connectivity index (χ4n) is 15.8. The molecule has 21 rings (SSSR count). The van der Waals surface area contributed by atoms with E-state index >= 15 is 0 Å². The Kier molecular flexibility index (Phi) is 12.8. The van der Waals surface area contributed by atoms with E-state index in [9.17, 15) is 0 Å². The molecule has 0 aliphatic rings. The molecule has 21 aromatic rings. The van der Waals surface area contributed by atoms with E-state index in [0.29, 0.717) is 0 Å². The second kappa shape index (κ2) is 22.5. The van der Waals surface area contributed by atoms with E-state index in [0.717, 1.165) is 106 Å². The third-order valence-corrected chi connectivity index (χ3v) is 20.3. The maximum Gasteiger partial charge on any atom is 0.145 e. The molecule has 462 valence electrons. The number of para-hydroxylation sites is 1. The smallest absolute Gasteiger partial charge is 0.145 e. The lowest BCUT2D eigenvalue weighted by atomic mass is 9.85. The predicted octanol–water partition coefficient (Wildman–Crippen LogP) is 25.3. The van der Waals surface area contributed by atoms with Gasteiger partial charge >= 0.3 is 0 Å². The van der Waals surface area contributed by atoms with Crippen molar-refractivity contribution in [3.63, 3.8) is 0 Å². The lowest BCUT2D eigenvalue weighted by molar-refractivity contribution is 0.669. The minimum absolute atomic E-state index is 0.900. The summed E-state index contributed by atoms with van der Waals surface area (Å²) in [5.74, 6) is 1.90. The summed E-state index contributed by atoms with van der Waals surface area (Å²) in [5, 5.41) is 19.1. The highest BCUT2D eigenvalue weighted by Gasteiger charge is 2.23. The number of fused-ring (bicyclic) bond motifs is 14. The summed E-state index contributed by atoms with van der Waals surface area (Å²) in [6, 6.07) is 119. The Hall–Kier alpha value is -13.2. The Labute approximate surface area is 568 Å². The molecule has 4 aromatic heterocycles. The summed E-state index contributed by atoms with van der Waals surface area (Å²) in [6.45, 7) is 0. The molecule has 0 spiro atoms. The van der Waals surface area contributed by atoms with Gasteiger partial charge in [0.1, 0.15) is 34.0 Å². The first-order valence-electron chi connectivity index (χ1n) is 33.7. The summed E-state index contributed by atoms with van der Waals surface area (Å²) in [7, 11) is 2.10. The van der Waals surface area contributed by atoms with E-state index in [1.54, 1.807) is 0 Å². The average Bonchev–Trinajstić information content (AvgIpc) is 1.68. The Morgan fingerprint density at radius 2 is 0.545 bits per heavy atom. The van der Waals surface area contributed by atoms with Crippen molar-refractivity contribution in [2.45, 2.75) is 0 Å². The van der Waals surface area contributed by atoms with E-state index in [4.69, 9.17) is 18.8 Å². The summed E-state index contributed by atoms with van der Waals surface area (Å²) in [4.78, 5) is 10.4. The van der Waals surface area contributed by atoms with Crippen molar-refractivity contribution in [1.82, 2.24) is 19.1 Å². The molecule has 0 unspecified atom stereocenters. The van der Waals surface area contributed by atoms with Gasteiger partial charge in [0.05, 0.1) is 22.1 Å². The molecule has 4 heterocycles. The molecule has 0 aliphatic heterocycles. The van der Waals surface area contributed by atoms with Crippen LogP contribution in [0.4, 0.5) is 0 Å². The van der Waals surface area contributed by atoms with Crippen molar-refractivity contribution in [3.8, 4) is 73.0 Å². The van der Waals surface area contributed by atoms with Crippen molar-refractivity contribution in [3.05, 3.63) is 334 Å². The Balaban J connectivity index is 0.000000135. The standard InChI is InChI=1S/C49H30N2O.C44H28N2O/c1-3-13-31(14-4-1)49-50-43-29-35(23-25-44(43)51(49)36-17-5-2-6-18-36)48-39-21-11-9-19-37(39)47(38-20-10-12-22-40(38)48)34-24-26-45-41(28-34)42-27-32-15-7-8-16-33(32)30-46(42)52-45;1-46-39-21-19-31(25-38(39)45-44(46)27-11-3-2-4-12-27)43-34-17-9-7-15-32(34)42(33-16-8-10-18-35(33)43)30-20-22-40-36(24-30)37-23-28-13-5-6-14-29(28)26-41(37)47-40/h1-30H;2-26H,1H3. The van der Waals surface area contributed by atoms with Crippen molar-refractivity contribution < 1.29 is 8.83 Å². The number of aryl methyl sites for hydroxylation is 1. The van der Waals surface area contributed by atoms with Crippen LogP contribution in [0, 0.1) is 0 Å². The first-order valence-corrected chi connectivity index (χ1v) is 33.7. The molecule has 0 amide bonds. The van der Waals surface area contributed by atoms with Crippen LogP contribution in [0.3, 0.4) is 0 Å². The van der Waals surface area contributed by atoms with Crippen LogP contribution in [0.5, 0.6) is 0 Å². The zero-order chi connectivity index (χ0) is 65.2. The minimum Gasteiger partial charge on any atom is -0.456 e. The second-order valence-electron chi connectivity index (χ2n) is 25.9. The van der Waals surface area contributed by atoms with Crippen LogP contribution in [0.15, 0.2) is 342 Å². The molecule has 0 fully saturated rings. The highest BCUT2D eigenvalue weighted by atomic mass is 16.3. The number of hydrogen-bond acceptors (Lipinski definition) is 4. The number of furan rings is 2. The summed E-state index contributed by atoms with van der Waals surface area (Å²) < 4.78 is 17.2. The zero-order valence-corrected chi connectivity index (χ0v) is 53.9. The van der Waals surface area contributed by atoms with Crippen LogP contribution < -0.4 is 0 Å². The van der Waals surface area contributed by atoms with Crippen LogP contribution in [0.25, 0.3) is 204 Å². The second-order valence-corrected chi connectivity index (χ2v) is 25.9. The summed E-state index contributed by atoms with van der Waals surface area (Å²) in [6.07, 6.45) is 0. The van der Waals surface area contributed by atoms with Crippen molar-refractivity contribution >= 4 is 131 Å². The fraction of sp³-hybridized carbons (Fsp3) is 0.0108. The molecule has 0 atom stereocenters. The van der Waals surface area contributed by atoms with Gasteiger partial charge in [-0.1, -0.05) is 249 Å². The zero-order valence-electron chi connectivity index (χ0n) is 53.9. The van der Waals surface area contributed by atoms with Gasteiger partial charge in [-0.3, -0.25) is 4.57 Å². The first kappa shape index (κ1) is 56.2. The monoisotopic (exact) mass is 1260 g/mol. The third kappa shape index (κ3) is 9.11. The van der Waals surface area contributed by atoms with E-state index in [-0.39, 0.29) is 0 Å². The van der Waals surface area contributed by atoms with Crippen LogP contribution in [0.1, 0.15) is 0 Å². The van der Waals surface area contributed by atoms with Crippen molar-refractivity contribution in [2.24, 2.45) is 7.05 Å². The van der Waals surface area contributed by atoms with Crippen LogP contribution in [-0.4, -0.2) is 19.1 Å². The molecule has 0 radical (unpaired) electrons. The van der Waals surface area contributed by atoms with Gasteiger partial charge in [-0.05, 0) is 194 Å². The largest absolute Gasteiger partial charge is 0.456 e. The van der Waals surface area contributed by atoms with Gasteiger partial charge in [0.25, 0.3) is 0 Å². The molecule has 0 bridgehead atoms. The third-order valence-electron chi connectivity index (χ3n) is 20.3. The van der Waals surface area contributed by atoms with E-state index in [1.165, 1.54) is 98.0 Å². The number of hydrogen-bond donors (Lipinski definition) is 0. The Morgan fingerprint density at radius 1 is 0.232 bits per heavy atom. The molecular formula is C93H58N4O2. The summed E-state index contributed by atoms with van der Waals surface area (Å²) >= 11 is 0. The normalized spacial score (nSPS) is 11.9. The summed E-state index contributed by atoms with van der Waals surface area (Å²) in [5.41, 5.74) is 20.6. The van der Waals surface area contributed by atoms with Gasteiger partial charge in [-0.2, -0.15) is 0 Å². The van der Waals surface area contributed by atoms with Crippen molar-refractivity contribution in [1.29, 1.82) is 0 Å². The molecule has 17 aromatic carbocycles. The molecule has 0 saturated carbocycles. The van der Waals surface area contributed by atoms with E-state index < -0.39 is 0 Å². The van der Waals surface area contributed by atoms with Gasteiger partial charge in [-0.15, -0.1) is 0 Å². The molecule has 0 saturated heterocycles. The number of rotatable bonds is 7. The maximum atomic E-state index is 6.40. The van der Waals surface area contributed by atoms with Gasteiger partial charge in [0.15, 0.2) is 0 Å². The molecule has 0 aliphatic carbocycles. The van der Waals surface area contributed by atoms with E-state index in [1.807, 2.05) is 12.1 Å². The fourth-order valence-corrected chi connectivity index (χ4v) is 15.8. The number of benzene rings is 17. The molecule has 99 heavy (non-hydrogen) atoms. The number of nitrogens with zero attached hydrogens (tertiary/aromatic N) is 4. The quantitative estimate of drug-likeness (QED) is 0.149. The highest BCUT2D eigenvalue weighted by Crippen LogP contribution is 2.49. The van der Waals surface area contributed by atoms with Crippen LogP contribution in [-0.2, 0) is 7.05 Å². The van der Waals surface area contributed by atoms with E-state index in [2.05, 4.69) is 338 Å². The Morgan fingerprint density at radius 3 is 0.970 bits per heavy atom. The topological polar surface area (TPSA) is 61.9 Å². The lowest BCUT2D eigenvalue weighted by Gasteiger charge is -2.18. The molecular weight excluding hydrogens is 1210 g/mol. The van der Waals surface area contributed by atoms with Gasteiger partial charge in [0, 0.05) is 45.4 Å². The van der Waals surface area contributed by atoms with Gasteiger partial charge in [-0.25, -0.2) is 9.97 Å². The lowest BCUT2D eigenvalue weighted by Crippen LogP contribution is -1.97. The average molecular weight is 1260 g/mol. The SMILES string of the molecule is Cn1c(-c2ccccc2)nc2cc(-c3c4ccccc4c(-c4ccc5oc6cc7ccccc7cc6c5c4)c4ccccc34)ccc21.c1ccc(-c2nc3cc(-c4c5ccccc5c(-c5ccc6oc7cc8ccccc8cc7c6c5)c5ccccc45)ccc3n2-c2ccccc2)cc1. The van der Waals surface area contributed by atoms with Gasteiger partial charge < -0.3 is 13.4 Å². The molecule has 6 heteroatoms.